The van der Waals surface area contributed by atoms with Crippen LogP contribution in [0.4, 0.5) is 0 Å². The van der Waals surface area contributed by atoms with Gasteiger partial charge >= 0.3 is 0 Å². The number of hydrogen-bond acceptors (Lipinski definition) is 1. The molecule has 1 heterocycles. The fourth-order valence-corrected chi connectivity index (χ4v) is 1.53. The summed E-state index contributed by atoms with van der Waals surface area (Å²) in [7, 11) is 0. The molecule has 0 aliphatic carbocycles. The van der Waals surface area contributed by atoms with Crippen LogP contribution in [0.25, 0.3) is 0 Å². The van der Waals surface area contributed by atoms with Gasteiger partial charge in [0, 0.05) is 5.41 Å². The zero-order chi connectivity index (χ0) is 10.6. The number of rotatable bonds is 2. The summed E-state index contributed by atoms with van der Waals surface area (Å²) in [5, 5.41) is 7.64. The lowest BCUT2D eigenvalue weighted by Gasteiger charge is -2.22. The fraction of sp³-hybridized carbons (Fsp3) is 0.900. The highest BCUT2D eigenvalue weighted by Gasteiger charge is 2.24. The molecule has 0 aromatic rings. The van der Waals surface area contributed by atoms with Gasteiger partial charge in [-0.1, -0.05) is 20.8 Å². The van der Waals surface area contributed by atoms with Gasteiger partial charge < -0.3 is 40.8 Å². The number of carbonyl (C=O) groups excluding carboxylic acids is 1. The standard InChI is InChI=1S/C10H21N3O.2ClH/c1-10(2,3)9(14)13-7-8-6-11-4-5-12-8;;/h8,11-12H,4-7H2,1-3H3,(H,13,14);2*1H. The van der Waals surface area contributed by atoms with E-state index >= 15 is 0 Å². The van der Waals surface area contributed by atoms with Gasteiger partial charge in [0.25, 0.3) is 0 Å². The summed E-state index contributed by atoms with van der Waals surface area (Å²) in [5.41, 5.74) is -0.265. The van der Waals surface area contributed by atoms with E-state index in [0.717, 1.165) is 19.6 Å². The molecule has 98 valence electrons. The first-order chi connectivity index (χ1) is 6.50. The molecule has 1 unspecified atom stereocenters. The third-order valence-corrected chi connectivity index (χ3v) is 2.55. The SMILES string of the molecule is CC(C)(C)C(=O)NCC1C[NH2+]CC[NH2+]1.[Cl-].[Cl-]. The molecular formula is C10H23Cl2N3O. The first kappa shape index (κ1) is 18.3. The van der Waals surface area contributed by atoms with Crippen molar-refractivity contribution in [2.75, 3.05) is 26.2 Å². The minimum absolute atomic E-state index is 0. The number of carbonyl (C=O) groups is 1. The Balaban J connectivity index is 0. The van der Waals surface area contributed by atoms with E-state index in [1.54, 1.807) is 0 Å². The summed E-state index contributed by atoms with van der Waals surface area (Å²) in [5.74, 6) is 0.150. The molecule has 0 bridgehead atoms. The summed E-state index contributed by atoms with van der Waals surface area (Å²) in [6, 6.07) is 0.551. The average molecular weight is 272 g/mol. The van der Waals surface area contributed by atoms with E-state index < -0.39 is 0 Å². The highest BCUT2D eigenvalue weighted by Crippen LogP contribution is 2.11. The molecule has 0 aromatic carbocycles. The zero-order valence-corrected chi connectivity index (χ0v) is 11.7. The first-order valence-corrected chi connectivity index (χ1v) is 5.43. The zero-order valence-electron chi connectivity index (χ0n) is 10.2. The topological polar surface area (TPSA) is 62.3 Å². The van der Waals surface area contributed by atoms with Gasteiger partial charge in [0.1, 0.15) is 19.6 Å². The molecule has 1 aliphatic heterocycles. The Kier molecular flexibility index (Phi) is 9.30. The molecule has 16 heavy (non-hydrogen) atoms. The largest absolute Gasteiger partial charge is 1.00 e. The Bertz CT molecular complexity index is 201. The molecule has 0 radical (unpaired) electrons. The molecule has 6 heteroatoms. The molecular weight excluding hydrogens is 249 g/mol. The van der Waals surface area contributed by atoms with Crippen molar-refractivity contribution in [3.63, 3.8) is 0 Å². The van der Waals surface area contributed by atoms with Crippen LogP contribution in [0.5, 0.6) is 0 Å². The average Bonchev–Trinajstić information content (AvgIpc) is 2.14. The van der Waals surface area contributed by atoms with Crippen molar-refractivity contribution in [2.45, 2.75) is 26.8 Å². The fourth-order valence-electron chi connectivity index (χ4n) is 1.53. The number of quaternary nitrogens is 2. The Morgan fingerprint density at radius 1 is 1.31 bits per heavy atom. The van der Waals surface area contributed by atoms with Crippen molar-refractivity contribution in [1.82, 2.24) is 5.32 Å². The Hall–Kier alpha value is -0.0300. The summed E-state index contributed by atoms with van der Waals surface area (Å²) in [6.07, 6.45) is 0. The Morgan fingerprint density at radius 2 is 1.94 bits per heavy atom. The minimum atomic E-state index is -0.265. The molecule has 1 aliphatic rings. The van der Waals surface area contributed by atoms with Gasteiger partial charge in [-0.05, 0) is 0 Å². The minimum Gasteiger partial charge on any atom is -1.00 e. The third-order valence-electron chi connectivity index (χ3n) is 2.55. The lowest BCUT2D eigenvalue weighted by Crippen LogP contribution is -3.09. The van der Waals surface area contributed by atoms with Crippen LogP contribution in [0.15, 0.2) is 0 Å². The van der Waals surface area contributed by atoms with Crippen LogP contribution in [-0.4, -0.2) is 38.1 Å². The van der Waals surface area contributed by atoms with Gasteiger partial charge in [0.2, 0.25) is 5.91 Å². The van der Waals surface area contributed by atoms with E-state index in [2.05, 4.69) is 16.0 Å². The Labute approximate surface area is 110 Å². The van der Waals surface area contributed by atoms with E-state index in [0.29, 0.717) is 6.04 Å². The predicted molar refractivity (Wildman–Crippen MR) is 54.7 cm³/mol. The third kappa shape index (κ3) is 6.53. The van der Waals surface area contributed by atoms with Crippen LogP contribution in [0, 0.1) is 5.41 Å². The van der Waals surface area contributed by atoms with Gasteiger partial charge in [-0.15, -0.1) is 0 Å². The van der Waals surface area contributed by atoms with Crippen LogP contribution in [0.3, 0.4) is 0 Å². The summed E-state index contributed by atoms with van der Waals surface area (Å²) < 4.78 is 0. The van der Waals surface area contributed by atoms with Crippen molar-refractivity contribution >= 4 is 5.91 Å². The van der Waals surface area contributed by atoms with E-state index in [1.165, 1.54) is 6.54 Å². The van der Waals surface area contributed by atoms with Crippen molar-refractivity contribution in [2.24, 2.45) is 5.41 Å². The van der Waals surface area contributed by atoms with Crippen LogP contribution >= 0.6 is 0 Å². The maximum Gasteiger partial charge on any atom is 0.225 e. The van der Waals surface area contributed by atoms with Crippen LogP contribution in [-0.2, 0) is 4.79 Å². The number of nitrogens with two attached hydrogens (primary N) is 2. The van der Waals surface area contributed by atoms with Crippen LogP contribution in [0.2, 0.25) is 0 Å². The maximum atomic E-state index is 11.6. The Morgan fingerprint density at radius 3 is 2.38 bits per heavy atom. The van der Waals surface area contributed by atoms with Gasteiger partial charge in [-0.3, -0.25) is 4.79 Å². The van der Waals surface area contributed by atoms with Crippen molar-refractivity contribution in [1.29, 1.82) is 0 Å². The molecule has 1 amide bonds. The number of piperazine rings is 1. The van der Waals surface area contributed by atoms with Crippen molar-refractivity contribution in [3.8, 4) is 0 Å². The van der Waals surface area contributed by atoms with Gasteiger partial charge in [0.15, 0.2) is 6.04 Å². The van der Waals surface area contributed by atoms with Crippen LogP contribution < -0.4 is 40.8 Å². The molecule has 0 aromatic heterocycles. The highest BCUT2D eigenvalue weighted by atomic mass is 35.5. The monoisotopic (exact) mass is 271 g/mol. The highest BCUT2D eigenvalue weighted by molar-refractivity contribution is 5.81. The van der Waals surface area contributed by atoms with Crippen LogP contribution in [0.1, 0.15) is 20.8 Å². The number of halogens is 2. The lowest BCUT2D eigenvalue weighted by molar-refractivity contribution is -0.809. The molecule has 1 atom stereocenters. The molecule has 1 fully saturated rings. The van der Waals surface area contributed by atoms with E-state index in [9.17, 15) is 4.79 Å². The maximum absolute atomic E-state index is 11.6. The molecule has 0 spiro atoms. The lowest BCUT2D eigenvalue weighted by atomic mass is 9.95. The number of amides is 1. The van der Waals surface area contributed by atoms with E-state index in [-0.39, 0.29) is 36.1 Å². The second-order valence-electron chi connectivity index (χ2n) is 5.06. The second-order valence-corrected chi connectivity index (χ2v) is 5.06. The predicted octanol–water partition coefficient (Wildman–Crippen LogP) is -8.33. The van der Waals surface area contributed by atoms with E-state index in [1.807, 2.05) is 20.8 Å². The van der Waals surface area contributed by atoms with Gasteiger partial charge in [-0.2, -0.15) is 0 Å². The summed E-state index contributed by atoms with van der Waals surface area (Å²) >= 11 is 0. The molecule has 4 nitrogen and oxygen atoms in total. The smallest absolute Gasteiger partial charge is 0.225 e. The quantitative estimate of drug-likeness (QED) is 0.459. The molecule has 1 rings (SSSR count). The summed E-state index contributed by atoms with van der Waals surface area (Å²) in [6.45, 7) is 10.1. The number of nitrogens with one attached hydrogen (secondary N) is 1. The van der Waals surface area contributed by atoms with Gasteiger partial charge in [0.05, 0.1) is 6.54 Å². The summed E-state index contributed by atoms with van der Waals surface area (Å²) in [4.78, 5) is 11.6. The van der Waals surface area contributed by atoms with Crippen molar-refractivity contribution in [3.05, 3.63) is 0 Å². The molecule has 0 saturated carbocycles. The first-order valence-electron chi connectivity index (χ1n) is 5.43. The van der Waals surface area contributed by atoms with E-state index in [4.69, 9.17) is 0 Å². The molecule has 1 saturated heterocycles. The second kappa shape index (κ2) is 8.12. The normalized spacial score (nSPS) is 20.3. The van der Waals surface area contributed by atoms with Gasteiger partial charge in [-0.25, -0.2) is 0 Å². The molecule has 5 N–H and O–H groups in total. The number of hydrogen-bond donors (Lipinski definition) is 3. The van der Waals surface area contributed by atoms with Crippen molar-refractivity contribution < 1.29 is 40.2 Å².